The smallest absolute Gasteiger partial charge is 0.264 e. The van der Waals surface area contributed by atoms with Crippen molar-refractivity contribution in [3.8, 4) is 0 Å². The van der Waals surface area contributed by atoms with Gasteiger partial charge in [-0.1, -0.05) is 66.2 Å². The molecule has 0 bridgehead atoms. The number of benzene rings is 3. The van der Waals surface area contributed by atoms with Gasteiger partial charge in [-0.05, 0) is 48.0 Å². The van der Waals surface area contributed by atoms with Crippen LogP contribution in [0.4, 0.5) is 11.4 Å². The maximum atomic E-state index is 13.5. The molecule has 0 radical (unpaired) electrons. The first kappa shape index (κ1) is 20.5. The Morgan fingerprint density at radius 3 is 2.53 bits per heavy atom. The molecule has 158 valence electrons. The topological polar surface area (TPSA) is 61.8 Å². The molecule has 0 aromatic heterocycles. The number of hydrogen-bond donors (Lipinski definition) is 1. The second kappa shape index (κ2) is 8.30. The fraction of sp³-hybridized carbons (Fsp3) is 0.0800. The highest BCUT2D eigenvalue weighted by molar-refractivity contribution is 8.18. The summed E-state index contributed by atoms with van der Waals surface area (Å²) in [5, 5.41) is 3.81. The number of aliphatic imine (C=N–C) groups is 1. The van der Waals surface area contributed by atoms with Crippen molar-refractivity contribution >= 4 is 57.3 Å². The number of thioether (sulfide) groups is 1. The number of amides is 2. The fourth-order valence-electron chi connectivity index (χ4n) is 3.73. The van der Waals surface area contributed by atoms with Crippen molar-refractivity contribution in [1.29, 1.82) is 0 Å². The number of fused-ring (bicyclic) bond motifs is 1. The Bertz CT molecular complexity index is 1320. The van der Waals surface area contributed by atoms with Crippen LogP contribution in [0.1, 0.15) is 16.7 Å². The van der Waals surface area contributed by atoms with Gasteiger partial charge in [0.1, 0.15) is 0 Å². The van der Waals surface area contributed by atoms with Crippen LogP contribution in [0.3, 0.4) is 0 Å². The Kier molecular flexibility index (Phi) is 5.33. The molecule has 1 saturated heterocycles. The van der Waals surface area contributed by atoms with E-state index in [4.69, 9.17) is 11.6 Å². The number of halogens is 1. The summed E-state index contributed by atoms with van der Waals surface area (Å²) in [5.41, 5.74) is 4.57. The minimum atomic E-state index is -0.327. The zero-order chi connectivity index (χ0) is 22.2. The second-order valence-electron chi connectivity index (χ2n) is 7.50. The zero-order valence-corrected chi connectivity index (χ0v) is 18.7. The number of nitrogens with zero attached hydrogens (tertiary/aromatic N) is 2. The predicted molar refractivity (Wildman–Crippen MR) is 130 cm³/mol. The van der Waals surface area contributed by atoms with Crippen molar-refractivity contribution < 1.29 is 9.59 Å². The maximum absolute atomic E-state index is 13.5. The average Bonchev–Trinajstić information content (AvgIpc) is 3.28. The molecule has 2 amide bonds. The molecule has 0 aliphatic carbocycles. The monoisotopic (exact) mass is 459 g/mol. The van der Waals surface area contributed by atoms with Gasteiger partial charge in [-0.3, -0.25) is 9.59 Å². The third kappa shape index (κ3) is 3.72. The van der Waals surface area contributed by atoms with Gasteiger partial charge in [-0.2, -0.15) is 0 Å². The van der Waals surface area contributed by atoms with E-state index in [2.05, 4.69) is 10.3 Å². The molecule has 5 nitrogen and oxygen atoms in total. The number of amidine groups is 1. The molecule has 0 unspecified atom stereocenters. The molecule has 1 fully saturated rings. The van der Waals surface area contributed by atoms with Crippen molar-refractivity contribution in [2.45, 2.75) is 13.5 Å². The predicted octanol–water partition coefficient (Wildman–Crippen LogP) is 5.46. The van der Waals surface area contributed by atoms with Gasteiger partial charge in [0.05, 0.1) is 28.4 Å². The molecule has 3 aromatic rings. The van der Waals surface area contributed by atoms with Crippen LogP contribution in [0.15, 0.2) is 82.7 Å². The Balaban J connectivity index is 1.52. The molecule has 2 heterocycles. The molecule has 0 atom stereocenters. The summed E-state index contributed by atoms with van der Waals surface area (Å²) in [4.78, 5) is 32.9. The molecule has 2 aliphatic heterocycles. The standard InChI is InChI=1S/C25H18ClN3O2S/c1-15-11-12-17(13-19(15)26)27-25-28-23(30)22(32-25)21-18-9-5-6-10-20(18)29(24(21)31)14-16-7-3-2-4-8-16/h2-13H,14H2,1H3,(H,27,28,30)/b22-21+. The summed E-state index contributed by atoms with van der Waals surface area (Å²) in [6.07, 6.45) is 0. The van der Waals surface area contributed by atoms with E-state index in [1.165, 1.54) is 11.8 Å². The number of hydrogen-bond acceptors (Lipinski definition) is 4. The van der Waals surface area contributed by atoms with Crippen molar-refractivity contribution in [3.05, 3.63) is 99.4 Å². The molecule has 5 rings (SSSR count). The van der Waals surface area contributed by atoms with Gasteiger partial charge in [0, 0.05) is 10.6 Å². The number of para-hydroxylation sites is 1. The molecular formula is C25H18ClN3O2S. The highest BCUT2D eigenvalue weighted by atomic mass is 35.5. The third-order valence-electron chi connectivity index (χ3n) is 5.35. The van der Waals surface area contributed by atoms with Crippen molar-refractivity contribution in [3.63, 3.8) is 0 Å². The number of rotatable bonds is 3. The molecule has 7 heteroatoms. The normalized spacial score (nSPS) is 18.9. The molecule has 1 N–H and O–H groups in total. The van der Waals surface area contributed by atoms with Crippen LogP contribution in [-0.2, 0) is 16.1 Å². The van der Waals surface area contributed by atoms with E-state index in [0.717, 1.165) is 22.4 Å². The lowest BCUT2D eigenvalue weighted by atomic mass is 10.1. The number of carbonyl (C=O) groups is 2. The number of anilines is 1. The molecule has 32 heavy (non-hydrogen) atoms. The number of aryl methyl sites for hydroxylation is 1. The van der Waals surface area contributed by atoms with Crippen LogP contribution < -0.4 is 10.2 Å². The van der Waals surface area contributed by atoms with E-state index in [1.54, 1.807) is 11.0 Å². The Morgan fingerprint density at radius 2 is 1.75 bits per heavy atom. The molecule has 2 aliphatic rings. The summed E-state index contributed by atoms with van der Waals surface area (Å²) >= 11 is 7.37. The number of nitrogens with one attached hydrogen (secondary N) is 1. The Labute approximate surface area is 194 Å². The third-order valence-corrected chi connectivity index (χ3v) is 6.73. The first-order valence-electron chi connectivity index (χ1n) is 10.0. The average molecular weight is 460 g/mol. The van der Waals surface area contributed by atoms with Crippen LogP contribution in [0, 0.1) is 6.92 Å². The summed E-state index contributed by atoms with van der Waals surface area (Å²) < 4.78 is 0. The van der Waals surface area contributed by atoms with Gasteiger partial charge in [-0.25, -0.2) is 4.99 Å². The van der Waals surface area contributed by atoms with E-state index in [9.17, 15) is 9.59 Å². The van der Waals surface area contributed by atoms with Crippen LogP contribution in [-0.4, -0.2) is 17.0 Å². The van der Waals surface area contributed by atoms with Crippen molar-refractivity contribution in [2.75, 3.05) is 4.90 Å². The first-order valence-corrected chi connectivity index (χ1v) is 11.2. The maximum Gasteiger partial charge on any atom is 0.264 e. The number of carbonyl (C=O) groups excluding carboxylic acids is 2. The zero-order valence-electron chi connectivity index (χ0n) is 17.1. The van der Waals surface area contributed by atoms with Crippen LogP contribution >= 0.6 is 23.4 Å². The second-order valence-corrected chi connectivity index (χ2v) is 8.91. The van der Waals surface area contributed by atoms with E-state index >= 15 is 0 Å². The van der Waals surface area contributed by atoms with E-state index in [1.807, 2.05) is 73.7 Å². The van der Waals surface area contributed by atoms with Gasteiger partial charge < -0.3 is 10.2 Å². The van der Waals surface area contributed by atoms with Crippen LogP contribution in [0.5, 0.6) is 0 Å². The fourth-order valence-corrected chi connectivity index (χ4v) is 4.83. The lowest BCUT2D eigenvalue weighted by molar-refractivity contribution is -0.116. The minimum absolute atomic E-state index is 0.188. The van der Waals surface area contributed by atoms with Gasteiger partial charge >= 0.3 is 0 Å². The van der Waals surface area contributed by atoms with E-state index < -0.39 is 0 Å². The van der Waals surface area contributed by atoms with Gasteiger partial charge in [0.25, 0.3) is 11.8 Å². The van der Waals surface area contributed by atoms with Crippen LogP contribution in [0.25, 0.3) is 5.57 Å². The van der Waals surface area contributed by atoms with Gasteiger partial charge in [0.15, 0.2) is 5.17 Å². The van der Waals surface area contributed by atoms with Crippen molar-refractivity contribution in [1.82, 2.24) is 5.32 Å². The summed E-state index contributed by atoms with van der Waals surface area (Å²) in [5.74, 6) is -0.515. The molecular weight excluding hydrogens is 442 g/mol. The van der Waals surface area contributed by atoms with Crippen LogP contribution in [0.2, 0.25) is 5.02 Å². The van der Waals surface area contributed by atoms with Crippen molar-refractivity contribution in [2.24, 2.45) is 4.99 Å². The largest absolute Gasteiger partial charge is 0.303 e. The SMILES string of the molecule is Cc1ccc(N=C2NC(=O)/C(=C3\C(=O)N(Cc4ccccc4)c4ccccc43)S2)cc1Cl. The molecule has 0 saturated carbocycles. The molecule has 0 spiro atoms. The first-order chi connectivity index (χ1) is 15.5. The summed E-state index contributed by atoms with van der Waals surface area (Å²) in [6, 6.07) is 22.8. The molecule has 3 aromatic carbocycles. The summed E-state index contributed by atoms with van der Waals surface area (Å²) in [7, 11) is 0. The lowest BCUT2D eigenvalue weighted by Crippen LogP contribution is -2.26. The quantitative estimate of drug-likeness (QED) is 0.529. The Morgan fingerprint density at radius 1 is 1.00 bits per heavy atom. The Hall–Kier alpha value is -3.35. The minimum Gasteiger partial charge on any atom is -0.303 e. The van der Waals surface area contributed by atoms with E-state index in [-0.39, 0.29) is 11.8 Å². The highest BCUT2D eigenvalue weighted by Gasteiger charge is 2.39. The highest BCUT2D eigenvalue weighted by Crippen LogP contribution is 2.43. The van der Waals surface area contributed by atoms with E-state index in [0.29, 0.717) is 32.9 Å². The van der Waals surface area contributed by atoms with Gasteiger partial charge in [0.2, 0.25) is 0 Å². The summed E-state index contributed by atoms with van der Waals surface area (Å²) in [6.45, 7) is 2.35. The lowest BCUT2D eigenvalue weighted by Gasteiger charge is -2.17. The van der Waals surface area contributed by atoms with Gasteiger partial charge in [-0.15, -0.1) is 0 Å².